The molecule has 1 aromatic rings. The summed E-state index contributed by atoms with van der Waals surface area (Å²) in [5.41, 5.74) is 0.699. The molecule has 0 bridgehead atoms. The van der Waals surface area contributed by atoms with E-state index >= 15 is 0 Å². The van der Waals surface area contributed by atoms with Gasteiger partial charge in [-0.2, -0.15) is 0 Å². The number of carbonyl (C=O) groups excluding carboxylic acids is 2. The minimum atomic E-state index is -0.0874. The highest BCUT2D eigenvalue weighted by molar-refractivity contribution is 5.94. The minimum Gasteiger partial charge on any atom is -0.356 e. The normalized spacial score (nSPS) is 21.4. The number of carbonyl (C=O) groups is 2. The summed E-state index contributed by atoms with van der Waals surface area (Å²) in [7, 11) is 0. The number of benzene rings is 1. The van der Waals surface area contributed by atoms with Crippen molar-refractivity contribution in [1.82, 2.24) is 20.4 Å². The predicted octanol–water partition coefficient (Wildman–Crippen LogP) is 0.950. The lowest BCUT2D eigenvalue weighted by atomic mass is 9.96. The highest BCUT2D eigenvalue weighted by atomic mass is 16.2. The molecule has 2 aliphatic heterocycles. The van der Waals surface area contributed by atoms with Crippen LogP contribution < -0.4 is 10.6 Å². The van der Waals surface area contributed by atoms with Gasteiger partial charge in [0.25, 0.3) is 5.91 Å². The van der Waals surface area contributed by atoms with E-state index in [0.29, 0.717) is 18.7 Å². The number of likely N-dealkylation sites (tertiary alicyclic amines) is 1. The molecule has 26 heavy (non-hydrogen) atoms. The monoisotopic (exact) mass is 358 g/mol. The van der Waals surface area contributed by atoms with Crippen LogP contribution in [-0.4, -0.2) is 74.0 Å². The Morgan fingerprint density at radius 1 is 1.12 bits per heavy atom. The quantitative estimate of drug-likeness (QED) is 0.743. The van der Waals surface area contributed by atoms with E-state index in [-0.39, 0.29) is 17.7 Å². The average molecular weight is 358 g/mol. The first-order valence-corrected chi connectivity index (χ1v) is 9.79. The van der Waals surface area contributed by atoms with Crippen molar-refractivity contribution in [3.8, 4) is 0 Å². The van der Waals surface area contributed by atoms with Gasteiger partial charge in [-0.05, 0) is 37.9 Å². The Hall–Kier alpha value is -1.92. The smallest absolute Gasteiger partial charge is 0.253 e. The van der Waals surface area contributed by atoms with Crippen LogP contribution in [0.2, 0.25) is 0 Å². The second-order valence-electron chi connectivity index (χ2n) is 7.19. The molecule has 1 atom stereocenters. The number of rotatable bonds is 6. The van der Waals surface area contributed by atoms with E-state index in [2.05, 4.69) is 15.5 Å². The molecule has 0 aromatic heterocycles. The lowest BCUT2D eigenvalue weighted by molar-refractivity contribution is -0.126. The van der Waals surface area contributed by atoms with Gasteiger partial charge in [0.05, 0.1) is 5.92 Å². The lowest BCUT2D eigenvalue weighted by Gasteiger charge is -2.32. The average Bonchev–Trinajstić information content (AvgIpc) is 2.72. The molecule has 2 heterocycles. The van der Waals surface area contributed by atoms with Crippen LogP contribution in [0.3, 0.4) is 0 Å². The molecule has 1 unspecified atom stereocenters. The van der Waals surface area contributed by atoms with Gasteiger partial charge in [0.15, 0.2) is 0 Å². The summed E-state index contributed by atoms with van der Waals surface area (Å²) in [5, 5.41) is 6.42. The highest BCUT2D eigenvalue weighted by Crippen LogP contribution is 2.19. The summed E-state index contributed by atoms with van der Waals surface area (Å²) in [5.74, 6) is 0.0354. The molecule has 2 aliphatic rings. The van der Waals surface area contributed by atoms with E-state index in [1.165, 1.54) is 0 Å². The van der Waals surface area contributed by atoms with Crippen LogP contribution in [0.15, 0.2) is 30.3 Å². The molecular formula is C20H30N4O2. The molecule has 0 aliphatic carbocycles. The Kier molecular flexibility index (Phi) is 7.03. The summed E-state index contributed by atoms with van der Waals surface area (Å²) in [4.78, 5) is 29.3. The molecule has 2 amide bonds. The number of nitrogens with zero attached hydrogens (tertiary/aromatic N) is 2. The van der Waals surface area contributed by atoms with Crippen LogP contribution >= 0.6 is 0 Å². The standard InChI is InChI=1S/C20H30N4O2/c25-19(22-9-5-12-23-14-10-21-11-15-23)18-8-4-13-24(16-18)20(26)17-6-2-1-3-7-17/h1-3,6-7,18,21H,4-5,8-16H2,(H,22,25). The van der Waals surface area contributed by atoms with E-state index < -0.39 is 0 Å². The third-order valence-electron chi connectivity index (χ3n) is 5.26. The Morgan fingerprint density at radius 2 is 1.88 bits per heavy atom. The van der Waals surface area contributed by atoms with Gasteiger partial charge in [0.2, 0.25) is 5.91 Å². The van der Waals surface area contributed by atoms with Crippen molar-refractivity contribution in [2.75, 3.05) is 52.4 Å². The summed E-state index contributed by atoms with van der Waals surface area (Å²) >= 11 is 0. The summed E-state index contributed by atoms with van der Waals surface area (Å²) < 4.78 is 0. The zero-order valence-electron chi connectivity index (χ0n) is 15.5. The lowest BCUT2D eigenvalue weighted by Crippen LogP contribution is -2.46. The Labute approximate surface area is 155 Å². The topological polar surface area (TPSA) is 64.7 Å². The third-order valence-corrected chi connectivity index (χ3v) is 5.26. The number of piperazine rings is 1. The van der Waals surface area contributed by atoms with E-state index in [4.69, 9.17) is 0 Å². The molecule has 6 nitrogen and oxygen atoms in total. The number of amides is 2. The first-order valence-electron chi connectivity index (χ1n) is 9.79. The minimum absolute atomic E-state index is 0.0295. The van der Waals surface area contributed by atoms with Gasteiger partial charge in [-0.1, -0.05) is 18.2 Å². The number of hydrogen-bond donors (Lipinski definition) is 2. The van der Waals surface area contributed by atoms with E-state index in [1.54, 1.807) is 0 Å². The molecule has 142 valence electrons. The van der Waals surface area contributed by atoms with Crippen molar-refractivity contribution < 1.29 is 9.59 Å². The third kappa shape index (κ3) is 5.29. The van der Waals surface area contributed by atoms with Crippen molar-refractivity contribution in [2.45, 2.75) is 19.3 Å². The summed E-state index contributed by atoms with van der Waals surface area (Å²) in [6.07, 6.45) is 2.73. The van der Waals surface area contributed by atoms with Crippen LogP contribution in [0, 0.1) is 5.92 Å². The first-order chi connectivity index (χ1) is 12.7. The van der Waals surface area contributed by atoms with E-state index in [9.17, 15) is 9.59 Å². The van der Waals surface area contributed by atoms with Crippen LogP contribution in [0.5, 0.6) is 0 Å². The van der Waals surface area contributed by atoms with Crippen LogP contribution in [-0.2, 0) is 4.79 Å². The number of nitrogens with one attached hydrogen (secondary N) is 2. The van der Waals surface area contributed by atoms with E-state index in [0.717, 1.165) is 58.5 Å². The van der Waals surface area contributed by atoms with Crippen LogP contribution in [0.4, 0.5) is 0 Å². The number of hydrogen-bond acceptors (Lipinski definition) is 4. The fraction of sp³-hybridized carbons (Fsp3) is 0.600. The van der Waals surface area contributed by atoms with Gasteiger partial charge in [0, 0.05) is 51.4 Å². The van der Waals surface area contributed by atoms with Gasteiger partial charge in [-0.25, -0.2) is 0 Å². The molecule has 2 fully saturated rings. The Bertz CT molecular complexity index is 587. The molecule has 0 spiro atoms. The molecule has 2 N–H and O–H groups in total. The Morgan fingerprint density at radius 3 is 2.65 bits per heavy atom. The maximum Gasteiger partial charge on any atom is 0.253 e. The van der Waals surface area contributed by atoms with Crippen molar-refractivity contribution >= 4 is 11.8 Å². The molecule has 3 rings (SSSR count). The van der Waals surface area contributed by atoms with Gasteiger partial charge in [-0.15, -0.1) is 0 Å². The maximum absolute atomic E-state index is 12.6. The molecule has 0 saturated carbocycles. The fourth-order valence-electron chi connectivity index (χ4n) is 3.73. The van der Waals surface area contributed by atoms with Crippen molar-refractivity contribution in [3.63, 3.8) is 0 Å². The van der Waals surface area contributed by atoms with E-state index in [1.807, 2.05) is 35.2 Å². The zero-order chi connectivity index (χ0) is 18.2. The van der Waals surface area contributed by atoms with Crippen molar-refractivity contribution in [2.24, 2.45) is 5.92 Å². The summed E-state index contributed by atoms with van der Waals surface area (Å²) in [6, 6.07) is 9.33. The molecular weight excluding hydrogens is 328 g/mol. The largest absolute Gasteiger partial charge is 0.356 e. The van der Waals surface area contributed by atoms with Gasteiger partial charge >= 0.3 is 0 Å². The van der Waals surface area contributed by atoms with Gasteiger partial charge < -0.3 is 20.4 Å². The van der Waals surface area contributed by atoms with Crippen LogP contribution in [0.1, 0.15) is 29.6 Å². The SMILES string of the molecule is O=C(NCCCN1CCNCC1)C1CCCN(C(=O)c2ccccc2)C1. The second-order valence-corrected chi connectivity index (χ2v) is 7.19. The maximum atomic E-state index is 12.6. The molecule has 6 heteroatoms. The van der Waals surface area contributed by atoms with Gasteiger partial charge in [0.1, 0.15) is 0 Å². The molecule has 2 saturated heterocycles. The van der Waals surface area contributed by atoms with Crippen molar-refractivity contribution in [1.29, 1.82) is 0 Å². The first kappa shape index (κ1) is 18.9. The highest BCUT2D eigenvalue weighted by Gasteiger charge is 2.28. The van der Waals surface area contributed by atoms with Gasteiger partial charge in [-0.3, -0.25) is 9.59 Å². The molecule has 1 aromatic carbocycles. The Balaban J connectivity index is 1.40. The predicted molar refractivity (Wildman–Crippen MR) is 102 cm³/mol. The zero-order valence-corrected chi connectivity index (χ0v) is 15.5. The fourth-order valence-corrected chi connectivity index (χ4v) is 3.73. The van der Waals surface area contributed by atoms with Crippen LogP contribution in [0.25, 0.3) is 0 Å². The van der Waals surface area contributed by atoms with Crippen molar-refractivity contribution in [3.05, 3.63) is 35.9 Å². The molecule has 0 radical (unpaired) electrons. The second kappa shape index (κ2) is 9.69. The summed E-state index contributed by atoms with van der Waals surface area (Å²) in [6.45, 7) is 7.30. The number of piperidine rings is 1.